The Bertz CT molecular complexity index is 1640. The van der Waals surface area contributed by atoms with Crippen LogP contribution < -0.4 is 10.3 Å². The van der Waals surface area contributed by atoms with Gasteiger partial charge in [0.15, 0.2) is 5.76 Å². The molecule has 0 aliphatic heterocycles. The van der Waals surface area contributed by atoms with Crippen LogP contribution in [-0.2, 0) is 0 Å². The van der Waals surface area contributed by atoms with Gasteiger partial charge in [0.1, 0.15) is 11.3 Å². The molecule has 0 N–H and O–H groups in total. The first-order valence-corrected chi connectivity index (χ1v) is 11.9. The number of ether oxygens (including phenoxy) is 1. The predicted octanol–water partition coefficient (Wildman–Crippen LogP) is 7.16. The molecule has 0 spiro atoms. The van der Waals surface area contributed by atoms with E-state index in [9.17, 15) is 4.79 Å². The van der Waals surface area contributed by atoms with E-state index in [-0.39, 0.29) is 11.4 Å². The van der Waals surface area contributed by atoms with E-state index in [1.165, 1.54) is 10.9 Å². The molecular weight excluding hydrogens is 541 g/mol. The quantitative estimate of drug-likeness (QED) is 0.215. The molecule has 0 amide bonds. The van der Waals surface area contributed by atoms with Crippen LogP contribution in [0.2, 0.25) is 10.0 Å². The third-order valence-corrected chi connectivity index (χ3v) is 6.13. The zero-order valence-corrected chi connectivity index (χ0v) is 20.9. The van der Waals surface area contributed by atoms with Gasteiger partial charge in [-0.25, -0.2) is 4.98 Å². The Kier molecular flexibility index (Phi) is 6.16. The van der Waals surface area contributed by atoms with Gasteiger partial charge in [0.05, 0.1) is 28.2 Å². The van der Waals surface area contributed by atoms with Gasteiger partial charge < -0.3 is 9.15 Å². The lowest BCUT2D eigenvalue weighted by molar-refractivity contribution is 0.337. The molecule has 0 aliphatic carbocycles. The maximum absolute atomic E-state index is 13.4. The van der Waals surface area contributed by atoms with Crippen LogP contribution in [0.3, 0.4) is 0 Å². The van der Waals surface area contributed by atoms with Crippen molar-refractivity contribution in [2.24, 2.45) is 5.10 Å². The summed E-state index contributed by atoms with van der Waals surface area (Å²) in [4.78, 5) is 18.1. The molecule has 0 aliphatic rings. The highest BCUT2D eigenvalue weighted by molar-refractivity contribution is 9.10. The Morgan fingerprint density at radius 1 is 1.12 bits per heavy atom. The van der Waals surface area contributed by atoms with Gasteiger partial charge in [-0.2, -0.15) is 9.78 Å². The first kappa shape index (κ1) is 22.7. The standard InChI is InChI=1S/C25H16BrCl2N3O3/c1-2-33-23-15(10-17(28)12-19(23)26)13-29-31-24(30-20-6-4-3-5-18(20)25(31)32)22-11-14-9-16(27)7-8-21(14)34-22/h3-13H,2H2,1H3. The number of fused-ring (bicyclic) bond motifs is 2. The lowest BCUT2D eigenvalue weighted by atomic mass is 10.2. The molecule has 0 saturated carbocycles. The van der Waals surface area contributed by atoms with E-state index >= 15 is 0 Å². The number of furan rings is 1. The second-order valence-electron chi connectivity index (χ2n) is 7.35. The Morgan fingerprint density at radius 2 is 1.94 bits per heavy atom. The molecule has 5 aromatic rings. The van der Waals surface area contributed by atoms with E-state index in [1.54, 1.807) is 54.6 Å². The van der Waals surface area contributed by atoms with E-state index in [4.69, 9.17) is 32.4 Å². The number of rotatable bonds is 5. The maximum Gasteiger partial charge on any atom is 0.282 e. The molecule has 0 radical (unpaired) electrons. The van der Waals surface area contributed by atoms with Crippen LogP contribution in [0.25, 0.3) is 33.5 Å². The SMILES string of the molecule is CCOc1c(Br)cc(Cl)cc1C=Nn1c(-c2cc3cc(Cl)ccc3o2)nc2ccccc2c1=O. The summed E-state index contributed by atoms with van der Waals surface area (Å²) < 4.78 is 13.6. The molecule has 3 aromatic carbocycles. The summed E-state index contributed by atoms with van der Waals surface area (Å²) in [6.07, 6.45) is 1.52. The number of hydrogen-bond donors (Lipinski definition) is 0. The fraction of sp³-hybridized carbons (Fsp3) is 0.0800. The molecular formula is C25H16BrCl2N3O3. The van der Waals surface area contributed by atoms with Crippen molar-refractivity contribution >= 4 is 67.2 Å². The van der Waals surface area contributed by atoms with E-state index in [2.05, 4.69) is 26.0 Å². The van der Waals surface area contributed by atoms with Crippen LogP contribution in [0.4, 0.5) is 0 Å². The number of nitrogens with zero attached hydrogens (tertiary/aromatic N) is 3. The average Bonchev–Trinajstić information content (AvgIpc) is 3.23. The Balaban J connectivity index is 1.73. The zero-order chi connectivity index (χ0) is 23.8. The Hall–Kier alpha value is -3.13. The third-order valence-electron chi connectivity index (χ3n) is 5.09. The van der Waals surface area contributed by atoms with Gasteiger partial charge in [0.2, 0.25) is 5.82 Å². The molecule has 0 bridgehead atoms. The fourth-order valence-electron chi connectivity index (χ4n) is 3.61. The first-order chi connectivity index (χ1) is 16.4. The minimum Gasteiger partial charge on any atom is -0.492 e. The number of aromatic nitrogens is 2. The van der Waals surface area contributed by atoms with Gasteiger partial charge >= 0.3 is 0 Å². The van der Waals surface area contributed by atoms with Crippen molar-refractivity contribution in [2.45, 2.75) is 6.92 Å². The largest absolute Gasteiger partial charge is 0.492 e. The van der Waals surface area contributed by atoms with E-state index < -0.39 is 0 Å². The van der Waals surface area contributed by atoms with Crippen molar-refractivity contribution in [3.8, 4) is 17.3 Å². The van der Waals surface area contributed by atoms with Crippen LogP contribution >= 0.6 is 39.1 Å². The summed E-state index contributed by atoms with van der Waals surface area (Å²) >= 11 is 15.8. The summed E-state index contributed by atoms with van der Waals surface area (Å²) in [5, 5.41) is 6.78. The maximum atomic E-state index is 13.4. The molecule has 170 valence electrons. The highest BCUT2D eigenvalue weighted by Crippen LogP contribution is 2.32. The summed E-state index contributed by atoms with van der Waals surface area (Å²) in [5.41, 5.74) is 1.42. The van der Waals surface area contributed by atoms with Crippen molar-refractivity contribution in [3.63, 3.8) is 0 Å². The second-order valence-corrected chi connectivity index (χ2v) is 9.07. The van der Waals surface area contributed by atoms with Crippen LogP contribution in [-0.4, -0.2) is 22.5 Å². The molecule has 5 rings (SSSR count). The van der Waals surface area contributed by atoms with Crippen molar-refractivity contribution in [2.75, 3.05) is 6.61 Å². The lowest BCUT2D eigenvalue weighted by Crippen LogP contribution is -2.20. The number of halogens is 3. The Labute approximate surface area is 212 Å². The monoisotopic (exact) mass is 555 g/mol. The third kappa shape index (κ3) is 4.22. The minimum absolute atomic E-state index is 0.256. The minimum atomic E-state index is -0.339. The van der Waals surface area contributed by atoms with E-state index in [0.29, 0.717) is 54.7 Å². The summed E-state index contributed by atoms with van der Waals surface area (Å²) in [7, 11) is 0. The molecule has 2 heterocycles. The topological polar surface area (TPSA) is 69.6 Å². The number of para-hydroxylation sites is 1. The van der Waals surface area contributed by atoms with Crippen molar-refractivity contribution < 1.29 is 9.15 Å². The van der Waals surface area contributed by atoms with Crippen LogP contribution in [0.15, 0.2) is 79.4 Å². The molecule has 0 saturated heterocycles. The van der Waals surface area contributed by atoms with Crippen LogP contribution in [0, 0.1) is 0 Å². The summed E-state index contributed by atoms with van der Waals surface area (Å²) in [6, 6.07) is 17.6. The Morgan fingerprint density at radius 3 is 2.76 bits per heavy atom. The number of hydrogen-bond acceptors (Lipinski definition) is 5. The average molecular weight is 557 g/mol. The highest BCUT2D eigenvalue weighted by Gasteiger charge is 2.17. The highest BCUT2D eigenvalue weighted by atomic mass is 79.9. The second kappa shape index (κ2) is 9.25. The normalized spacial score (nSPS) is 11.6. The smallest absolute Gasteiger partial charge is 0.282 e. The number of benzene rings is 3. The molecule has 6 nitrogen and oxygen atoms in total. The summed E-state index contributed by atoms with van der Waals surface area (Å²) in [5.74, 6) is 1.21. The molecule has 34 heavy (non-hydrogen) atoms. The molecule has 0 unspecified atom stereocenters. The van der Waals surface area contributed by atoms with Gasteiger partial charge in [-0.3, -0.25) is 4.79 Å². The van der Waals surface area contributed by atoms with E-state index in [1.807, 2.05) is 13.0 Å². The molecule has 2 aromatic heterocycles. The van der Waals surface area contributed by atoms with Gasteiger partial charge in [0, 0.05) is 21.0 Å². The van der Waals surface area contributed by atoms with Gasteiger partial charge in [0.25, 0.3) is 5.56 Å². The summed E-state index contributed by atoms with van der Waals surface area (Å²) in [6.45, 7) is 2.33. The van der Waals surface area contributed by atoms with Gasteiger partial charge in [-0.15, -0.1) is 0 Å². The molecule has 0 atom stereocenters. The van der Waals surface area contributed by atoms with Crippen molar-refractivity contribution in [1.82, 2.24) is 9.66 Å². The van der Waals surface area contributed by atoms with Gasteiger partial charge in [-0.05, 0) is 71.4 Å². The fourth-order valence-corrected chi connectivity index (χ4v) is 4.74. The van der Waals surface area contributed by atoms with E-state index in [0.717, 1.165) is 5.39 Å². The molecule has 0 fully saturated rings. The first-order valence-electron chi connectivity index (χ1n) is 10.3. The zero-order valence-electron chi connectivity index (χ0n) is 17.8. The van der Waals surface area contributed by atoms with Crippen molar-refractivity contribution in [1.29, 1.82) is 0 Å². The lowest BCUT2D eigenvalue weighted by Gasteiger charge is -2.11. The van der Waals surface area contributed by atoms with Crippen molar-refractivity contribution in [3.05, 3.63) is 91.1 Å². The van der Waals surface area contributed by atoms with Crippen LogP contribution in [0.1, 0.15) is 12.5 Å². The predicted molar refractivity (Wildman–Crippen MR) is 140 cm³/mol. The van der Waals surface area contributed by atoms with Crippen LogP contribution in [0.5, 0.6) is 5.75 Å². The van der Waals surface area contributed by atoms with Gasteiger partial charge in [-0.1, -0.05) is 35.3 Å². The molecule has 9 heteroatoms.